The van der Waals surface area contributed by atoms with Crippen LogP contribution in [0, 0.1) is 0 Å². The number of aromatic nitrogens is 12. The van der Waals surface area contributed by atoms with Crippen LogP contribution in [0.1, 0.15) is 0 Å². The molecule has 145 heavy (non-hydrogen) atoms. The van der Waals surface area contributed by atoms with E-state index in [1.165, 1.54) is 32.6 Å². The molecule has 8 heterocycles. The summed E-state index contributed by atoms with van der Waals surface area (Å²) in [7, 11) is 0. The zero-order valence-corrected chi connectivity index (χ0v) is 78.1. The lowest BCUT2D eigenvalue weighted by Crippen LogP contribution is -2.15. The summed E-state index contributed by atoms with van der Waals surface area (Å²) in [5.41, 5.74) is 26.9. The minimum atomic E-state index is 0.591. The van der Waals surface area contributed by atoms with Crippen molar-refractivity contribution in [3.05, 3.63) is 510 Å². The van der Waals surface area contributed by atoms with E-state index in [0.717, 1.165) is 168 Å². The Labute approximate surface area is 835 Å². The van der Waals surface area contributed by atoms with Gasteiger partial charge in [-0.05, 0) is 180 Å². The predicted octanol–water partition coefficient (Wildman–Crippen LogP) is 32.7. The smallest absolute Gasteiger partial charge is 0.238 e. The highest BCUT2D eigenvalue weighted by molar-refractivity contribution is 6.26. The lowest BCUT2D eigenvalue weighted by molar-refractivity contribution is 0.477. The van der Waals surface area contributed by atoms with E-state index in [1.807, 2.05) is 224 Å². The minimum absolute atomic E-state index is 0.591. The average Bonchev–Trinajstić information content (AvgIpc) is 1.54. The Kier molecular flexibility index (Phi) is 21.8. The number of fused-ring (bicyclic) bond motifs is 14. The number of hydrogen-bond donors (Lipinski definition) is 0. The average molecular weight is 1860 g/mol. The first-order valence-electron chi connectivity index (χ1n) is 48.3. The fourth-order valence-electron chi connectivity index (χ4n) is 20.1. The zero-order valence-electron chi connectivity index (χ0n) is 78.1. The third-order valence-electron chi connectivity index (χ3n) is 26.8. The van der Waals surface area contributed by atoms with Crippen molar-refractivity contribution < 1.29 is 9.47 Å². The summed E-state index contributed by atoms with van der Waals surface area (Å²) in [5, 5.41) is 7.12. The molecule has 0 unspecified atom stereocenters. The van der Waals surface area contributed by atoms with Gasteiger partial charge in [0.15, 0.2) is 69.6 Å². The summed E-state index contributed by atoms with van der Waals surface area (Å²) in [6, 6.07) is 175. The predicted molar refractivity (Wildman–Crippen MR) is 586 cm³/mol. The normalized spacial score (nSPS) is 11.8. The number of ether oxygens (including phenoxy) is 2. The number of nitrogens with zero attached hydrogens (tertiary/aromatic N) is 14. The highest BCUT2D eigenvalue weighted by Gasteiger charge is 2.31. The fourth-order valence-corrected chi connectivity index (χ4v) is 20.1. The molecular formula is C129H84N14O2. The molecule has 16 nitrogen and oxygen atoms in total. The maximum absolute atomic E-state index is 6.23. The van der Waals surface area contributed by atoms with E-state index in [-0.39, 0.29) is 0 Å². The first-order valence-corrected chi connectivity index (χ1v) is 48.3. The van der Waals surface area contributed by atoms with E-state index in [4.69, 9.17) is 54.3 Å². The van der Waals surface area contributed by atoms with Crippen LogP contribution >= 0.6 is 0 Å². The van der Waals surface area contributed by atoms with Gasteiger partial charge in [-0.2, -0.15) is 9.97 Å². The van der Waals surface area contributed by atoms with Crippen LogP contribution in [0.3, 0.4) is 0 Å². The van der Waals surface area contributed by atoms with E-state index < -0.39 is 0 Å². The molecule has 682 valence electrons. The van der Waals surface area contributed by atoms with Crippen molar-refractivity contribution in [2.24, 2.45) is 0 Å². The quantitative estimate of drug-likeness (QED) is 0.0956. The van der Waals surface area contributed by atoms with Gasteiger partial charge in [-0.25, -0.2) is 34.9 Å². The summed E-state index contributed by atoms with van der Waals surface area (Å²) in [6.07, 6.45) is 0. The fraction of sp³-hybridized carbons (Fsp3) is 0. The van der Waals surface area contributed by atoms with Crippen LogP contribution in [0.2, 0.25) is 0 Å². The molecule has 2 aliphatic heterocycles. The molecule has 0 fully saturated rings. The number of anilines is 6. The van der Waals surface area contributed by atoms with Gasteiger partial charge >= 0.3 is 0 Å². The molecule has 0 bridgehead atoms. The van der Waals surface area contributed by atoms with Crippen molar-refractivity contribution in [3.8, 4) is 154 Å². The lowest BCUT2D eigenvalue weighted by Gasteiger charge is -2.32. The molecule has 0 saturated carbocycles. The lowest BCUT2D eigenvalue weighted by atomic mass is 9.91. The van der Waals surface area contributed by atoms with E-state index in [9.17, 15) is 0 Å². The van der Waals surface area contributed by atoms with Crippen LogP contribution in [0.25, 0.3) is 196 Å². The van der Waals surface area contributed by atoms with E-state index in [0.29, 0.717) is 52.5 Å². The van der Waals surface area contributed by atoms with Crippen LogP contribution in [-0.4, -0.2) is 58.6 Å². The van der Waals surface area contributed by atoms with E-state index in [2.05, 4.69) is 309 Å². The molecule has 0 spiro atoms. The summed E-state index contributed by atoms with van der Waals surface area (Å²) in [4.78, 5) is 49.8. The van der Waals surface area contributed by atoms with Gasteiger partial charge in [-0.15, -0.1) is 0 Å². The van der Waals surface area contributed by atoms with Gasteiger partial charge in [-0.3, -0.25) is 4.57 Å². The maximum Gasteiger partial charge on any atom is 0.238 e. The Morgan fingerprint density at radius 2 is 0.434 bits per heavy atom. The molecule has 0 atom stereocenters. The van der Waals surface area contributed by atoms with Crippen LogP contribution in [0.5, 0.6) is 23.0 Å². The Morgan fingerprint density at radius 3 is 0.848 bits per heavy atom. The minimum Gasteiger partial charge on any atom is -0.453 e. The second-order valence-corrected chi connectivity index (χ2v) is 35.5. The van der Waals surface area contributed by atoms with Crippen molar-refractivity contribution in [2.75, 3.05) is 9.80 Å². The highest BCUT2D eigenvalue weighted by Crippen LogP contribution is 2.54. The Hall–Kier alpha value is -20.0. The van der Waals surface area contributed by atoms with Crippen LogP contribution in [0.15, 0.2) is 510 Å². The van der Waals surface area contributed by atoms with Crippen molar-refractivity contribution in [1.29, 1.82) is 0 Å². The Balaban J connectivity index is 0.000000111. The van der Waals surface area contributed by atoms with E-state index >= 15 is 0 Å². The number of hydrogen-bond acceptors (Lipinski definition) is 13. The molecule has 28 rings (SSSR count). The first kappa shape index (κ1) is 85.4. The molecule has 0 radical (unpaired) electrons. The van der Waals surface area contributed by atoms with Gasteiger partial charge in [0.2, 0.25) is 5.95 Å². The second-order valence-electron chi connectivity index (χ2n) is 35.5. The topological polar surface area (TPSA) is 156 Å². The van der Waals surface area contributed by atoms with Gasteiger partial charge in [0, 0.05) is 99.6 Å². The second kappa shape index (κ2) is 37.1. The van der Waals surface area contributed by atoms with Gasteiger partial charge < -0.3 is 28.4 Å². The van der Waals surface area contributed by atoms with Crippen molar-refractivity contribution in [1.82, 2.24) is 58.6 Å². The van der Waals surface area contributed by atoms with Gasteiger partial charge in [0.1, 0.15) is 0 Å². The molecule has 20 aromatic carbocycles. The Morgan fingerprint density at radius 1 is 0.159 bits per heavy atom. The molecule has 16 heteroatoms. The molecule has 0 amide bonds. The number of benzene rings is 20. The number of para-hydroxylation sites is 13. The maximum atomic E-state index is 6.23. The molecular weight excluding hydrogens is 1780 g/mol. The molecule has 2 aliphatic rings. The van der Waals surface area contributed by atoms with Crippen molar-refractivity contribution >= 4 is 99.5 Å². The monoisotopic (exact) mass is 1860 g/mol. The van der Waals surface area contributed by atoms with Gasteiger partial charge in [-0.1, -0.05) is 352 Å². The molecule has 0 saturated heterocycles. The van der Waals surface area contributed by atoms with Crippen molar-refractivity contribution in [3.63, 3.8) is 0 Å². The first-order chi connectivity index (χ1) is 71.9. The number of rotatable bonds is 15. The van der Waals surface area contributed by atoms with Gasteiger partial charge in [0.25, 0.3) is 0 Å². The summed E-state index contributed by atoms with van der Waals surface area (Å²) >= 11 is 0. The zero-order chi connectivity index (χ0) is 96.0. The highest BCUT2D eigenvalue weighted by atomic mass is 16.5. The van der Waals surface area contributed by atoms with Crippen LogP contribution in [0.4, 0.5) is 34.1 Å². The standard InChI is InChI=1S/C45H29N5O2.C45H30N4.C39H25N5/c1-2-12-30(13-3-1)43-46-44(31-22-26-33(27-23-31)49-35-14-4-8-18-39(35)51-40-19-9-5-15-36(40)49)48-45(47-43)32-24-28-34(29-25-32)50-37-16-6-10-20-41(37)52-42-21-11-7-17-38(42)50;1-4-16-31(17-5-1)43-46-44(32-18-6-2-7-19-32)48-45(47-43)39-26-13-12-24-37(39)36-23-11-10-22-35(36)33-28-29-42-40(30-33)38-25-14-15-27-41(38)49(42)34-20-8-3-9-21-34;1-4-14-26(15-5-1)37-40-38(27-16-6-2-7-17-27)42-39(41-37)44-32-22-12-10-20-29(32)30-24-25-34-35(36(30)44)31-21-11-13-23-33(31)43(34)28-18-8-3-9-19-28/h1-29H;1-30H;1-25H. The molecule has 0 aliphatic carbocycles. The Bertz CT molecular complexity index is 9020. The van der Waals surface area contributed by atoms with Crippen molar-refractivity contribution in [2.45, 2.75) is 0 Å². The van der Waals surface area contributed by atoms with E-state index in [1.54, 1.807) is 0 Å². The van der Waals surface area contributed by atoms with Gasteiger partial charge in [0.05, 0.1) is 55.8 Å². The largest absolute Gasteiger partial charge is 0.453 e. The summed E-state index contributed by atoms with van der Waals surface area (Å²) in [6.45, 7) is 0. The molecule has 0 N–H and O–H groups in total. The molecule has 6 aromatic heterocycles. The third-order valence-corrected chi connectivity index (χ3v) is 26.8. The summed E-state index contributed by atoms with van der Waals surface area (Å²) < 4.78 is 19.4. The van der Waals surface area contributed by atoms with Crippen LogP contribution in [-0.2, 0) is 0 Å². The SMILES string of the molecule is c1ccc(-c2nc(-c3ccc(N4c5ccccc5Oc5ccccc54)cc3)nc(-c3ccc(N4c5ccccc5Oc5ccccc54)cc3)n2)cc1.c1ccc(-c2nc(-c3ccccc3)nc(-c3ccccc3-c3ccccc3-c3ccc4c(c3)c3ccccc3n4-c3ccccc3)n2)cc1.c1ccc(-c2nc(-c3ccccc3)nc(-n3c4ccccc4c4ccc5c(c6ccccc6n5-c5ccccc5)c43)n2)cc1. The summed E-state index contributed by atoms with van der Waals surface area (Å²) in [5.74, 6) is 8.85. The van der Waals surface area contributed by atoms with Crippen LogP contribution < -0.4 is 19.3 Å². The molecule has 26 aromatic rings. The third kappa shape index (κ3) is 15.9.